The van der Waals surface area contributed by atoms with Gasteiger partial charge in [0.25, 0.3) is 0 Å². The van der Waals surface area contributed by atoms with E-state index in [0.29, 0.717) is 5.92 Å². The van der Waals surface area contributed by atoms with E-state index in [-0.39, 0.29) is 24.2 Å². The second-order valence-electron chi connectivity index (χ2n) is 6.57. The number of carbonyl (C=O) groups excluding carboxylic acids is 1. The number of aryl methyl sites for hydroxylation is 1. The molecule has 3 atom stereocenters. The van der Waals surface area contributed by atoms with Crippen LogP contribution in [0.5, 0.6) is 0 Å². The minimum Gasteiger partial charge on any atom is -0.376 e. The number of rotatable bonds is 5. The van der Waals surface area contributed by atoms with Crippen LogP contribution < -0.4 is 10.6 Å². The number of amides is 2. The summed E-state index contributed by atoms with van der Waals surface area (Å²) in [6.45, 7) is 7.11. The molecular formula is C16H28N4O2. The number of hydrogen-bond acceptors (Lipinski definition) is 3. The molecule has 6 nitrogen and oxygen atoms in total. The van der Waals surface area contributed by atoms with E-state index in [9.17, 15) is 4.79 Å². The Labute approximate surface area is 132 Å². The van der Waals surface area contributed by atoms with Crippen LogP contribution >= 0.6 is 0 Å². The molecule has 0 aromatic carbocycles. The molecule has 6 heteroatoms. The fourth-order valence-corrected chi connectivity index (χ4v) is 2.86. The molecule has 1 aromatic rings. The zero-order chi connectivity index (χ0) is 16.1. The van der Waals surface area contributed by atoms with Crippen molar-refractivity contribution in [2.24, 2.45) is 13.0 Å². The van der Waals surface area contributed by atoms with Crippen molar-refractivity contribution >= 4 is 6.03 Å². The number of urea groups is 1. The van der Waals surface area contributed by atoms with Gasteiger partial charge in [-0.15, -0.1) is 0 Å². The first-order chi connectivity index (χ1) is 10.5. The van der Waals surface area contributed by atoms with Crippen LogP contribution in [0.15, 0.2) is 12.4 Å². The van der Waals surface area contributed by atoms with Crippen molar-refractivity contribution in [2.45, 2.75) is 58.2 Å². The lowest BCUT2D eigenvalue weighted by Gasteiger charge is -2.33. The van der Waals surface area contributed by atoms with Crippen LogP contribution in [-0.4, -0.2) is 34.6 Å². The Morgan fingerprint density at radius 2 is 2.27 bits per heavy atom. The molecule has 0 saturated carbocycles. The van der Waals surface area contributed by atoms with E-state index >= 15 is 0 Å². The number of hydrogen-bond donors (Lipinski definition) is 2. The third-order valence-corrected chi connectivity index (χ3v) is 4.03. The molecule has 1 aliphatic heterocycles. The fourth-order valence-electron chi connectivity index (χ4n) is 2.86. The van der Waals surface area contributed by atoms with Crippen molar-refractivity contribution in [1.82, 2.24) is 20.4 Å². The highest BCUT2D eigenvalue weighted by molar-refractivity contribution is 5.74. The Kier molecular flexibility index (Phi) is 5.83. The van der Waals surface area contributed by atoms with Crippen LogP contribution in [0.4, 0.5) is 4.79 Å². The maximum absolute atomic E-state index is 12.2. The summed E-state index contributed by atoms with van der Waals surface area (Å²) < 4.78 is 7.57. The van der Waals surface area contributed by atoms with Gasteiger partial charge in [-0.1, -0.05) is 13.8 Å². The molecule has 124 valence electrons. The molecule has 0 unspecified atom stereocenters. The van der Waals surface area contributed by atoms with E-state index in [1.54, 1.807) is 10.9 Å². The molecular weight excluding hydrogens is 280 g/mol. The summed E-state index contributed by atoms with van der Waals surface area (Å²) in [5, 5.41) is 10.2. The lowest BCUT2D eigenvalue weighted by molar-refractivity contribution is -0.0170. The smallest absolute Gasteiger partial charge is 0.315 e. The largest absolute Gasteiger partial charge is 0.376 e. The van der Waals surface area contributed by atoms with Crippen LogP contribution in [0.2, 0.25) is 0 Å². The third-order valence-electron chi connectivity index (χ3n) is 4.03. The van der Waals surface area contributed by atoms with Gasteiger partial charge in [0.15, 0.2) is 0 Å². The van der Waals surface area contributed by atoms with Gasteiger partial charge in [0.05, 0.1) is 24.4 Å². The van der Waals surface area contributed by atoms with Gasteiger partial charge >= 0.3 is 6.03 Å². The SMILES string of the molecule is CC(C)C[C@@H]1OCCC[C@H]1NC(=O)N[C@H](C)c1cnn(C)c1. The highest BCUT2D eigenvalue weighted by Crippen LogP contribution is 2.20. The monoisotopic (exact) mass is 308 g/mol. The minimum absolute atomic E-state index is 0.0678. The number of nitrogens with one attached hydrogen (secondary N) is 2. The predicted octanol–water partition coefficient (Wildman–Crippen LogP) is 2.37. The van der Waals surface area contributed by atoms with Gasteiger partial charge in [-0.2, -0.15) is 5.10 Å². The lowest BCUT2D eigenvalue weighted by Crippen LogP contribution is -2.51. The molecule has 0 aliphatic carbocycles. The number of aromatic nitrogens is 2. The molecule has 2 N–H and O–H groups in total. The molecule has 2 amide bonds. The van der Waals surface area contributed by atoms with Gasteiger partial charge in [-0.3, -0.25) is 4.68 Å². The van der Waals surface area contributed by atoms with Crippen LogP contribution in [0.3, 0.4) is 0 Å². The van der Waals surface area contributed by atoms with Crippen molar-refractivity contribution < 1.29 is 9.53 Å². The summed E-state index contributed by atoms with van der Waals surface area (Å²) in [5.74, 6) is 0.560. The van der Waals surface area contributed by atoms with Gasteiger partial charge in [0, 0.05) is 25.4 Å². The molecule has 1 fully saturated rings. The average molecular weight is 308 g/mol. The Morgan fingerprint density at radius 3 is 2.91 bits per heavy atom. The van der Waals surface area contributed by atoms with Crippen LogP contribution in [0, 0.1) is 5.92 Å². The van der Waals surface area contributed by atoms with Crippen LogP contribution in [0.25, 0.3) is 0 Å². The first-order valence-corrected chi connectivity index (χ1v) is 8.13. The van der Waals surface area contributed by atoms with Crippen LogP contribution in [-0.2, 0) is 11.8 Å². The topological polar surface area (TPSA) is 68.2 Å². The average Bonchev–Trinajstić information content (AvgIpc) is 2.87. The van der Waals surface area contributed by atoms with E-state index in [0.717, 1.165) is 31.4 Å². The second-order valence-corrected chi connectivity index (χ2v) is 6.57. The molecule has 22 heavy (non-hydrogen) atoms. The van der Waals surface area contributed by atoms with Gasteiger partial charge < -0.3 is 15.4 Å². The van der Waals surface area contributed by atoms with Gasteiger partial charge in [-0.05, 0) is 32.1 Å². The Hall–Kier alpha value is -1.56. The van der Waals surface area contributed by atoms with Crippen LogP contribution in [0.1, 0.15) is 51.6 Å². The molecule has 0 spiro atoms. The molecule has 1 saturated heterocycles. The molecule has 2 heterocycles. The zero-order valence-corrected chi connectivity index (χ0v) is 14.0. The molecule has 1 aromatic heterocycles. The molecule has 2 rings (SSSR count). The third kappa shape index (κ3) is 4.73. The minimum atomic E-state index is -0.138. The first-order valence-electron chi connectivity index (χ1n) is 8.13. The number of carbonyl (C=O) groups is 1. The molecule has 0 radical (unpaired) electrons. The van der Waals surface area contributed by atoms with E-state index in [1.807, 2.05) is 20.2 Å². The summed E-state index contributed by atoms with van der Waals surface area (Å²) in [6, 6.07) is -0.111. The maximum atomic E-state index is 12.2. The van der Waals surface area contributed by atoms with Gasteiger partial charge in [0.2, 0.25) is 0 Å². The van der Waals surface area contributed by atoms with Gasteiger partial charge in [-0.25, -0.2) is 4.79 Å². The standard InChI is InChI=1S/C16H28N4O2/c1-11(2)8-15-14(6-5-7-22-15)19-16(21)18-12(3)13-9-17-20(4)10-13/h9-12,14-15H,5-8H2,1-4H3,(H2,18,19,21)/t12-,14-,15+/m1/s1. The lowest BCUT2D eigenvalue weighted by atomic mass is 9.95. The molecule has 1 aliphatic rings. The van der Waals surface area contributed by atoms with E-state index < -0.39 is 0 Å². The van der Waals surface area contributed by atoms with Crippen molar-refractivity contribution in [2.75, 3.05) is 6.61 Å². The highest BCUT2D eigenvalue weighted by Gasteiger charge is 2.28. The summed E-state index contributed by atoms with van der Waals surface area (Å²) in [7, 11) is 1.87. The first kappa shape index (κ1) is 16.8. The van der Waals surface area contributed by atoms with E-state index in [2.05, 4.69) is 29.6 Å². The van der Waals surface area contributed by atoms with Crippen molar-refractivity contribution in [3.63, 3.8) is 0 Å². The summed E-state index contributed by atoms with van der Waals surface area (Å²) in [4.78, 5) is 12.2. The van der Waals surface area contributed by atoms with Crippen molar-refractivity contribution in [1.29, 1.82) is 0 Å². The zero-order valence-electron chi connectivity index (χ0n) is 14.0. The molecule has 0 bridgehead atoms. The van der Waals surface area contributed by atoms with Crippen molar-refractivity contribution in [3.8, 4) is 0 Å². The summed E-state index contributed by atoms with van der Waals surface area (Å²) >= 11 is 0. The predicted molar refractivity (Wildman–Crippen MR) is 85.5 cm³/mol. The fraction of sp³-hybridized carbons (Fsp3) is 0.750. The Balaban J connectivity index is 1.86. The second kappa shape index (κ2) is 7.63. The number of ether oxygens (including phenoxy) is 1. The number of nitrogens with zero attached hydrogens (tertiary/aromatic N) is 2. The van der Waals surface area contributed by atoms with E-state index in [1.165, 1.54) is 0 Å². The quantitative estimate of drug-likeness (QED) is 0.877. The van der Waals surface area contributed by atoms with Gasteiger partial charge in [0.1, 0.15) is 0 Å². The Morgan fingerprint density at radius 1 is 1.50 bits per heavy atom. The summed E-state index contributed by atoms with van der Waals surface area (Å²) in [5.41, 5.74) is 0.997. The Bertz CT molecular complexity index is 486. The van der Waals surface area contributed by atoms with E-state index in [4.69, 9.17) is 4.74 Å². The highest BCUT2D eigenvalue weighted by atomic mass is 16.5. The summed E-state index contributed by atoms with van der Waals surface area (Å²) in [6.07, 6.45) is 6.76. The maximum Gasteiger partial charge on any atom is 0.315 e. The van der Waals surface area contributed by atoms with Crippen molar-refractivity contribution in [3.05, 3.63) is 18.0 Å². The normalized spacial score (nSPS) is 23.3.